The number of hydrogen-bond acceptors (Lipinski definition) is 4. The summed E-state index contributed by atoms with van der Waals surface area (Å²) in [5.74, 6) is -0.453. The van der Waals surface area contributed by atoms with Crippen LogP contribution < -0.4 is 0 Å². The van der Waals surface area contributed by atoms with Gasteiger partial charge in [-0.3, -0.25) is 0 Å². The standard InChI is InChI=1S/C14H12O4S/c15-10-5-6-12(16)9(7-10)8-19-13-4-2-1-3-11(13)14(17)18/h1-7,15-16H,8H2,(H,17,18). The maximum atomic E-state index is 11.1. The second kappa shape index (κ2) is 5.67. The molecule has 0 spiro atoms. The van der Waals surface area contributed by atoms with Crippen molar-refractivity contribution in [2.24, 2.45) is 0 Å². The molecule has 0 fully saturated rings. The van der Waals surface area contributed by atoms with Gasteiger partial charge < -0.3 is 15.3 Å². The van der Waals surface area contributed by atoms with Crippen molar-refractivity contribution in [3.63, 3.8) is 0 Å². The lowest BCUT2D eigenvalue weighted by molar-refractivity contribution is 0.0693. The maximum absolute atomic E-state index is 11.1. The minimum atomic E-state index is -0.983. The Morgan fingerprint density at radius 1 is 1.11 bits per heavy atom. The zero-order valence-electron chi connectivity index (χ0n) is 9.91. The normalized spacial score (nSPS) is 10.3. The fraction of sp³-hybridized carbons (Fsp3) is 0.0714. The van der Waals surface area contributed by atoms with Gasteiger partial charge in [0.15, 0.2) is 0 Å². The zero-order valence-corrected chi connectivity index (χ0v) is 10.7. The molecule has 0 aliphatic rings. The minimum Gasteiger partial charge on any atom is -0.508 e. The molecule has 3 N–H and O–H groups in total. The number of carbonyl (C=O) groups is 1. The van der Waals surface area contributed by atoms with Gasteiger partial charge in [0.25, 0.3) is 0 Å². The molecule has 0 radical (unpaired) electrons. The number of carboxylic acids is 1. The third-order valence-corrected chi connectivity index (χ3v) is 3.69. The Hall–Kier alpha value is -2.14. The van der Waals surface area contributed by atoms with Gasteiger partial charge in [0.05, 0.1) is 5.56 Å². The zero-order chi connectivity index (χ0) is 13.8. The highest BCUT2D eigenvalue weighted by molar-refractivity contribution is 7.98. The molecule has 0 unspecified atom stereocenters. The summed E-state index contributed by atoms with van der Waals surface area (Å²) in [5, 5.41) is 28.1. The number of carboxylic acid groups (broad SMARTS) is 1. The lowest BCUT2D eigenvalue weighted by Gasteiger charge is -2.07. The predicted octanol–water partition coefficient (Wildman–Crippen LogP) is 3.09. The fourth-order valence-corrected chi connectivity index (χ4v) is 2.64. The van der Waals surface area contributed by atoms with Crippen LogP contribution in [0.3, 0.4) is 0 Å². The summed E-state index contributed by atoms with van der Waals surface area (Å²) < 4.78 is 0. The molecule has 0 amide bonds. The molecular formula is C14H12O4S. The van der Waals surface area contributed by atoms with E-state index in [9.17, 15) is 15.0 Å². The highest BCUT2D eigenvalue weighted by atomic mass is 32.2. The largest absolute Gasteiger partial charge is 0.508 e. The van der Waals surface area contributed by atoms with Gasteiger partial charge in [-0.2, -0.15) is 0 Å². The van der Waals surface area contributed by atoms with E-state index in [0.717, 1.165) is 0 Å². The average molecular weight is 276 g/mol. The second-order valence-electron chi connectivity index (χ2n) is 3.90. The maximum Gasteiger partial charge on any atom is 0.336 e. The van der Waals surface area contributed by atoms with Crippen LogP contribution in [0.4, 0.5) is 0 Å². The number of hydrogen-bond donors (Lipinski definition) is 3. The molecule has 0 atom stereocenters. The first-order chi connectivity index (χ1) is 9.08. The molecule has 2 aromatic carbocycles. The lowest BCUT2D eigenvalue weighted by atomic mass is 10.2. The molecule has 0 saturated heterocycles. The molecule has 19 heavy (non-hydrogen) atoms. The number of aromatic hydroxyl groups is 2. The molecule has 0 saturated carbocycles. The average Bonchev–Trinajstić information content (AvgIpc) is 2.40. The molecule has 98 valence electrons. The molecule has 0 aliphatic carbocycles. The van der Waals surface area contributed by atoms with E-state index in [1.54, 1.807) is 18.2 Å². The van der Waals surface area contributed by atoms with E-state index in [1.807, 2.05) is 0 Å². The van der Waals surface area contributed by atoms with Crippen molar-refractivity contribution in [2.75, 3.05) is 0 Å². The summed E-state index contributed by atoms with van der Waals surface area (Å²) in [5.41, 5.74) is 0.789. The van der Waals surface area contributed by atoms with E-state index < -0.39 is 5.97 Å². The van der Waals surface area contributed by atoms with Crippen molar-refractivity contribution in [3.05, 3.63) is 53.6 Å². The highest BCUT2D eigenvalue weighted by Gasteiger charge is 2.10. The van der Waals surface area contributed by atoms with Crippen molar-refractivity contribution in [1.29, 1.82) is 0 Å². The third-order valence-electron chi connectivity index (χ3n) is 2.56. The first-order valence-corrected chi connectivity index (χ1v) is 6.52. The SMILES string of the molecule is O=C(O)c1ccccc1SCc1cc(O)ccc1O. The molecule has 0 bridgehead atoms. The first-order valence-electron chi connectivity index (χ1n) is 5.54. The molecule has 4 nitrogen and oxygen atoms in total. The van der Waals surface area contributed by atoms with Crippen molar-refractivity contribution in [1.82, 2.24) is 0 Å². The monoisotopic (exact) mass is 276 g/mol. The first kappa shape index (κ1) is 13.3. The molecule has 2 rings (SSSR count). The smallest absolute Gasteiger partial charge is 0.336 e. The molecule has 2 aromatic rings. The van der Waals surface area contributed by atoms with Crippen LogP contribution in [-0.4, -0.2) is 21.3 Å². The summed E-state index contributed by atoms with van der Waals surface area (Å²) in [7, 11) is 0. The van der Waals surface area contributed by atoms with Crippen LogP contribution in [0.2, 0.25) is 0 Å². The van der Waals surface area contributed by atoms with Crippen LogP contribution >= 0.6 is 11.8 Å². The summed E-state index contributed by atoms with van der Waals surface area (Å²) in [4.78, 5) is 11.7. The van der Waals surface area contributed by atoms with Crippen LogP contribution in [0.25, 0.3) is 0 Å². The molecule has 0 aromatic heterocycles. The van der Waals surface area contributed by atoms with E-state index >= 15 is 0 Å². The fourth-order valence-electron chi connectivity index (χ4n) is 1.61. The number of aromatic carboxylic acids is 1. The number of phenolic OH excluding ortho intramolecular Hbond substituents is 2. The Morgan fingerprint density at radius 2 is 1.84 bits per heavy atom. The van der Waals surface area contributed by atoms with Gasteiger partial charge in [0.2, 0.25) is 0 Å². The Balaban J connectivity index is 2.19. The molecular weight excluding hydrogens is 264 g/mol. The number of phenols is 2. The predicted molar refractivity (Wildman–Crippen MR) is 72.7 cm³/mol. The second-order valence-corrected chi connectivity index (χ2v) is 4.92. The minimum absolute atomic E-state index is 0.0694. The van der Waals surface area contributed by atoms with E-state index in [0.29, 0.717) is 16.2 Å². The van der Waals surface area contributed by atoms with Crippen LogP contribution in [0.15, 0.2) is 47.4 Å². The van der Waals surface area contributed by atoms with E-state index in [-0.39, 0.29) is 17.1 Å². The lowest BCUT2D eigenvalue weighted by Crippen LogP contribution is -1.98. The summed E-state index contributed by atoms with van der Waals surface area (Å²) in [6, 6.07) is 11.0. The Morgan fingerprint density at radius 3 is 2.58 bits per heavy atom. The van der Waals surface area contributed by atoms with Gasteiger partial charge in [-0.05, 0) is 30.3 Å². The topological polar surface area (TPSA) is 77.8 Å². The van der Waals surface area contributed by atoms with Crippen molar-refractivity contribution in [3.8, 4) is 11.5 Å². The van der Waals surface area contributed by atoms with Crippen LogP contribution in [-0.2, 0) is 5.75 Å². The molecule has 0 aliphatic heterocycles. The van der Waals surface area contributed by atoms with E-state index in [1.165, 1.54) is 36.0 Å². The summed E-state index contributed by atoms with van der Waals surface area (Å²) in [6.45, 7) is 0. The number of rotatable bonds is 4. The van der Waals surface area contributed by atoms with Gasteiger partial charge in [0.1, 0.15) is 11.5 Å². The van der Waals surface area contributed by atoms with Crippen LogP contribution in [0.1, 0.15) is 15.9 Å². The van der Waals surface area contributed by atoms with Gasteiger partial charge in [-0.25, -0.2) is 4.79 Å². The van der Waals surface area contributed by atoms with Crippen LogP contribution in [0, 0.1) is 0 Å². The Bertz CT molecular complexity index is 610. The van der Waals surface area contributed by atoms with E-state index in [2.05, 4.69) is 0 Å². The van der Waals surface area contributed by atoms with Gasteiger partial charge in [0, 0.05) is 16.2 Å². The molecule has 0 heterocycles. The highest BCUT2D eigenvalue weighted by Crippen LogP contribution is 2.31. The van der Waals surface area contributed by atoms with Gasteiger partial charge in [-0.15, -0.1) is 11.8 Å². The number of thioether (sulfide) groups is 1. The van der Waals surface area contributed by atoms with E-state index in [4.69, 9.17) is 5.11 Å². The van der Waals surface area contributed by atoms with Gasteiger partial charge in [-0.1, -0.05) is 12.1 Å². The quantitative estimate of drug-likeness (QED) is 0.591. The van der Waals surface area contributed by atoms with Gasteiger partial charge >= 0.3 is 5.97 Å². The number of benzene rings is 2. The Labute approximate surface area is 114 Å². The molecule has 5 heteroatoms. The van der Waals surface area contributed by atoms with Crippen LogP contribution in [0.5, 0.6) is 11.5 Å². The van der Waals surface area contributed by atoms with Crippen molar-refractivity contribution < 1.29 is 20.1 Å². The summed E-state index contributed by atoms with van der Waals surface area (Å²) >= 11 is 1.30. The van der Waals surface area contributed by atoms with Crippen molar-refractivity contribution >= 4 is 17.7 Å². The third kappa shape index (κ3) is 3.20. The summed E-state index contributed by atoms with van der Waals surface area (Å²) in [6.07, 6.45) is 0. The van der Waals surface area contributed by atoms with Crippen molar-refractivity contribution in [2.45, 2.75) is 10.6 Å². The Kier molecular flexibility index (Phi) is 3.97.